The van der Waals surface area contributed by atoms with Crippen LogP contribution in [0.3, 0.4) is 0 Å². The Bertz CT molecular complexity index is 312. The largest absolute Gasteiger partial charge is 0.317 e. The van der Waals surface area contributed by atoms with Crippen LogP contribution < -0.4 is 0 Å². The van der Waals surface area contributed by atoms with E-state index in [2.05, 4.69) is 4.85 Å². The predicted octanol–water partition coefficient (Wildman–Crippen LogP) is 3.11. The Hall–Kier alpha value is -1.00. The zero-order valence-electron chi connectivity index (χ0n) is 6.97. The number of hydrogen-bond acceptors (Lipinski definition) is 0. The smallest absolute Gasteiger partial charge is 0.218 e. The molecule has 0 unspecified atom stereocenters. The van der Waals surface area contributed by atoms with Crippen LogP contribution in [0.4, 0.5) is 0 Å². The highest BCUT2D eigenvalue weighted by Crippen LogP contribution is 2.17. The van der Waals surface area contributed by atoms with Crippen LogP contribution in [0.5, 0.6) is 0 Å². The molecule has 0 aromatic heterocycles. The highest BCUT2D eigenvalue weighted by Gasteiger charge is 2.00. The van der Waals surface area contributed by atoms with Gasteiger partial charge in [0.25, 0.3) is 0 Å². The van der Waals surface area contributed by atoms with Crippen LogP contribution >= 0.6 is 11.6 Å². The highest BCUT2D eigenvalue weighted by atomic mass is 35.5. The lowest BCUT2D eigenvalue weighted by atomic mass is 10.1. The second kappa shape index (κ2) is 4.13. The molecule has 0 N–H and O–H groups in total. The van der Waals surface area contributed by atoms with Crippen LogP contribution in [-0.2, 0) is 6.42 Å². The van der Waals surface area contributed by atoms with Crippen molar-refractivity contribution >= 4 is 11.6 Å². The normalized spacial score (nSPS) is 9.42. The van der Waals surface area contributed by atoms with Crippen molar-refractivity contribution in [3.05, 3.63) is 45.8 Å². The van der Waals surface area contributed by atoms with E-state index < -0.39 is 0 Å². The summed E-state index contributed by atoms with van der Waals surface area (Å²) in [4.78, 5) is 3.29. The lowest BCUT2D eigenvalue weighted by molar-refractivity contribution is 1.07. The maximum atomic E-state index is 6.66. The molecular weight excluding hydrogens is 170 g/mol. The summed E-state index contributed by atoms with van der Waals surface area (Å²) in [5.74, 6) is 0. The van der Waals surface area contributed by atoms with E-state index in [1.54, 1.807) is 0 Å². The average Bonchev–Trinajstić information content (AvgIpc) is 2.07. The number of hydrogen-bond donors (Lipinski definition) is 0. The predicted molar refractivity (Wildman–Crippen MR) is 51.4 cm³/mol. The second-order valence-electron chi connectivity index (χ2n) is 2.73. The zero-order valence-corrected chi connectivity index (χ0v) is 7.73. The number of aryl methyl sites for hydroxylation is 1. The van der Waals surface area contributed by atoms with Crippen molar-refractivity contribution in [1.29, 1.82) is 0 Å². The van der Waals surface area contributed by atoms with E-state index in [4.69, 9.17) is 18.2 Å². The SMILES string of the molecule is [C-]#[N+]CCc1cc(C)ccc1Cl. The maximum absolute atomic E-state index is 6.66. The molecule has 1 nitrogen and oxygen atoms in total. The lowest BCUT2D eigenvalue weighted by Crippen LogP contribution is -1.89. The van der Waals surface area contributed by atoms with Crippen LogP contribution in [-0.4, -0.2) is 6.54 Å². The molecule has 1 rings (SSSR count). The van der Waals surface area contributed by atoms with E-state index in [1.807, 2.05) is 25.1 Å². The minimum Gasteiger partial charge on any atom is -0.317 e. The molecule has 1 aromatic rings. The molecule has 0 saturated carbocycles. The molecule has 0 aliphatic heterocycles. The summed E-state index contributed by atoms with van der Waals surface area (Å²) in [6.07, 6.45) is 0.754. The molecule has 0 spiro atoms. The molecule has 0 bridgehead atoms. The Kier molecular flexibility index (Phi) is 3.13. The molecule has 0 heterocycles. The van der Waals surface area contributed by atoms with Gasteiger partial charge in [0.1, 0.15) is 0 Å². The van der Waals surface area contributed by atoms with Crippen molar-refractivity contribution in [2.24, 2.45) is 0 Å². The molecule has 2 heteroatoms. The summed E-state index contributed by atoms with van der Waals surface area (Å²) < 4.78 is 0. The zero-order chi connectivity index (χ0) is 8.97. The van der Waals surface area contributed by atoms with E-state index in [0.717, 1.165) is 17.0 Å². The first-order chi connectivity index (χ1) is 5.74. The van der Waals surface area contributed by atoms with Crippen molar-refractivity contribution in [1.82, 2.24) is 0 Å². The van der Waals surface area contributed by atoms with Crippen molar-refractivity contribution in [3.63, 3.8) is 0 Å². The van der Waals surface area contributed by atoms with Crippen molar-refractivity contribution in [3.8, 4) is 0 Å². The van der Waals surface area contributed by atoms with E-state index in [-0.39, 0.29) is 0 Å². The first-order valence-corrected chi connectivity index (χ1v) is 4.20. The first-order valence-electron chi connectivity index (χ1n) is 3.82. The van der Waals surface area contributed by atoms with E-state index in [1.165, 1.54) is 5.56 Å². The summed E-state index contributed by atoms with van der Waals surface area (Å²) in [5, 5.41) is 0.768. The topological polar surface area (TPSA) is 4.36 Å². The van der Waals surface area contributed by atoms with Crippen molar-refractivity contribution < 1.29 is 0 Å². The molecule has 0 saturated heterocycles. The quantitative estimate of drug-likeness (QED) is 0.615. The minimum atomic E-state index is 0.517. The fourth-order valence-electron chi connectivity index (χ4n) is 1.07. The molecule has 62 valence electrons. The van der Waals surface area contributed by atoms with Gasteiger partial charge in [0, 0.05) is 11.4 Å². The Morgan fingerprint density at radius 1 is 1.50 bits per heavy atom. The summed E-state index contributed by atoms with van der Waals surface area (Å²) >= 11 is 5.93. The fourth-order valence-corrected chi connectivity index (χ4v) is 1.28. The molecule has 12 heavy (non-hydrogen) atoms. The van der Waals surface area contributed by atoms with Gasteiger partial charge in [-0.3, -0.25) is 0 Å². The van der Waals surface area contributed by atoms with Gasteiger partial charge in [-0.15, -0.1) is 0 Å². The summed E-state index contributed by atoms with van der Waals surface area (Å²) in [7, 11) is 0. The Morgan fingerprint density at radius 3 is 2.92 bits per heavy atom. The number of nitrogens with zero attached hydrogens (tertiary/aromatic N) is 1. The van der Waals surface area contributed by atoms with Crippen LogP contribution in [0.25, 0.3) is 4.85 Å². The van der Waals surface area contributed by atoms with E-state index in [9.17, 15) is 0 Å². The summed E-state index contributed by atoms with van der Waals surface area (Å²) in [6, 6.07) is 5.90. The standard InChI is InChI=1S/C10H10ClN/c1-8-3-4-10(11)9(7-8)5-6-12-2/h3-4,7H,5-6H2,1H3. The van der Waals surface area contributed by atoms with Crippen LogP contribution in [0.1, 0.15) is 11.1 Å². The molecule has 0 aliphatic rings. The van der Waals surface area contributed by atoms with Gasteiger partial charge in [-0.1, -0.05) is 29.3 Å². The van der Waals surface area contributed by atoms with Gasteiger partial charge in [0.15, 0.2) is 0 Å². The highest BCUT2D eigenvalue weighted by molar-refractivity contribution is 6.31. The third-order valence-corrected chi connectivity index (χ3v) is 2.06. The minimum absolute atomic E-state index is 0.517. The summed E-state index contributed by atoms with van der Waals surface area (Å²) in [6.45, 7) is 9.20. The molecule has 0 radical (unpaired) electrons. The van der Waals surface area contributed by atoms with Gasteiger partial charge in [0.2, 0.25) is 6.54 Å². The van der Waals surface area contributed by atoms with Gasteiger partial charge in [0.05, 0.1) is 0 Å². The molecule has 0 atom stereocenters. The number of halogens is 1. The third-order valence-electron chi connectivity index (χ3n) is 1.69. The third kappa shape index (κ3) is 2.25. The van der Waals surface area contributed by atoms with Gasteiger partial charge in [-0.25, -0.2) is 6.57 Å². The van der Waals surface area contributed by atoms with Crippen LogP contribution in [0.15, 0.2) is 18.2 Å². The number of rotatable bonds is 2. The van der Waals surface area contributed by atoms with Gasteiger partial charge in [-0.2, -0.15) is 0 Å². The Morgan fingerprint density at radius 2 is 2.25 bits per heavy atom. The van der Waals surface area contributed by atoms with Crippen molar-refractivity contribution in [2.75, 3.05) is 6.54 Å². The second-order valence-corrected chi connectivity index (χ2v) is 3.13. The fraction of sp³-hybridized carbons (Fsp3) is 0.300. The molecule has 1 aromatic carbocycles. The van der Waals surface area contributed by atoms with Gasteiger partial charge in [-0.05, 0) is 18.6 Å². The maximum Gasteiger partial charge on any atom is 0.218 e. The lowest BCUT2D eigenvalue weighted by Gasteiger charge is -2.00. The number of benzene rings is 1. The molecule has 0 fully saturated rings. The molecule has 0 amide bonds. The Labute approximate surface area is 77.8 Å². The van der Waals surface area contributed by atoms with E-state index in [0.29, 0.717) is 6.54 Å². The monoisotopic (exact) mass is 179 g/mol. The first kappa shape index (κ1) is 9.09. The Balaban J connectivity index is 2.84. The summed E-state index contributed by atoms with van der Waals surface area (Å²) in [5.41, 5.74) is 2.27. The van der Waals surface area contributed by atoms with Gasteiger partial charge >= 0.3 is 0 Å². The molecular formula is C10H10ClN. The average molecular weight is 180 g/mol. The van der Waals surface area contributed by atoms with Crippen molar-refractivity contribution in [2.45, 2.75) is 13.3 Å². The van der Waals surface area contributed by atoms with Crippen LogP contribution in [0.2, 0.25) is 5.02 Å². The van der Waals surface area contributed by atoms with E-state index >= 15 is 0 Å². The molecule has 0 aliphatic carbocycles. The van der Waals surface area contributed by atoms with Crippen LogP contribution in [0, 0.1) is 13.5 Å². The van der Waals surface area contributed by atoms with Gasteiger partial charge < -0.3 is 4.85 Å².